The van der Waals surface area contributed by atoms with Crippen molar-refractivity contribution < 1.29 is 4.79 Å². The van der Waals surface area contributed by atoms with Crippen molar-refractivity contribution in [2.45, 2.75) is 27.2 Å². The van der Waals surface area contributed by atoms with Gasteiger partial charge in [0.15, 0.2) is 0 Å². The van der Waals surface area contributed by atoms with Gasteiger partial charge in [0.05, 0.1) is 12.1 Å². The van der Waals surface area contributed by atoms with E-state index in [9.17, 15) is 4.79 Å². The van der Waals surface area contributed by atoms with E-state index >= 15 is 0 Å². The van der Waals surface area contributed by atoms with Crippen LogP contribution in [0.25, 0.3) is 0 Å². The van der Waals surface area contributed by atoms with Gasteiger partial charge in [-0.25, -0.2) is 0 Å². The second-order valence-corrected chi connectivity index (χ2v) is 5.03. The summed E-state index contributed by atoms with van der Waals surface area (Å²) in [7, 11) is 0. The van der Waals surface area contributed by atoms with Crippen LogP contribution in [0.5, 0.6) is 0 Å². The first-order valence-corrected chi connectivity index (χ1v) is 6.41. The zero-order valence-electron chi connectivity index (χ0n) is 11.2. The Morgan fingerprint density at radius 2 is 2.11 bits per heavy atom. The lowest BCUT2D eigenvalue weighted by Gasteiger charge is -2.09. The Bertz CT molecular complexity index is 600. The molecule has 1 heterocycles. The number of aromatic amines is 1. The molecule has 0 aliphatic rings. The van der Waals surface area contributed by atoms with Crippen molar-refractivity contribution in [2.24, 2.45) is 0 Å². The fourth-order valence-corrected chi connectivity index (χ4v) is 2.09. The summed E-state index contributed by atoms with van der Waals surface area (Å²) in [5.41, 5.74) is 4.46. The molecule has 1 amide bonds. The van der Waals surface area contributed by atoms with Crippen molar-refractivity contribution in [1.29, 1.82) is 0 Å². The number of nitrogens with zero attached hydrogens (tertiary/aromatic N) is 1. The van der Waals surface area contributed by atoms with Gasteiger partial charge in [0.1, 0.15) is 0 Å². The lowest BCUT2D eigenvalue weighted by atomic mass is 10.1. The van der Waals surface area contributed by atoms with Crippen molar-refractivity contribution in [3.05, 3.63) is 45.7 Å². The maximum absolute atomic E-state index is 12.1. The highest BCUT2D eigenvalue weighted by atomic mass is 35.5. The summed E-state index contributed by atoms with van der Waals surface area (Å²) in [6, 6.07) is 5.44. The second-order valence-electron chi connectivity index (χ2n) is 4.60. The zero-order valence-corrected chi connectivity index (χ0v) is 11.9. The number of nitrogens with one attached hydrogen (secondary N) is 2. The van der Waals surface area contributed by atoms with Crippen molar-refractivity contribution in [2.75, 3.05) is 5.32 Å². The molecule has 0 saturated carbocycles. The van der Waals surface area contributed by atoms with Crippen molar-refractivity contribution >= 4 is 23.2 Å². The predicted octanol–water partition coefficient (Wildman–Crippen LogP) is 3.17. The molecule has 0 fully saturated rings. The molecular formula is C14H16ClN3O. The van der Waals surface area contributed by atoms with Gasteiger partial charge in [-0.3, -0.25) is 9.89 Å². The van der Waals surface area contributed by atoms with Crippen LogP contribution >= 0.6 is 11.6 Å². The molecular weight excluding hydrogens is 262 g/mol. The van der Waals surface area contributed by atoms with Crippen LogP contribution in [0, 0.1) is 20.8 Å². The third-order valence-corrected chi connectivity index (χ3v) is 3.33. The number of benzene rings is 1. The zero-order chi connectivity index (χ0) is 14.0. The normalized spacial score (nSPS) is 10.5. The first-order valence-electron chi connectivity index (χ1n) is 6.04. The van der Waals surface area contributed by atoms with Gasteiger partial charge in [-0.2, -0.15) is 5.10 Å². The number of carbonyl (C=O) groups excluding carboxylic acids is 1. The number of hydrogen-bond acceptors (Lipinski definition) is 2. The summed E-state index contributed by atoms with van der Waals surface area (Å²) in [6.07, 6.45) is 0.306. The second kappa shape index (κ2) is 5.45. The SMILES string of the molecule is Cc1ccc(Cl)cc1NC(=O)Cc1c(C)n[nH]c1C. The fourth-order valence-electron chi connectivity index (χ4n) is 1.92. The number of rotatable bonds is 3. The molecule has 0 unspecified atom stereocenters. The molecule has 0 aliphatic carbocycles. The number of amides is 1. The number of aryl methyl sites for hydroxylation is 3. The molecule has 0 aliphatic heterocycles. The van der Waals surface area contributed by atoms with Crippen molar-refractivity contribution in [3.63, 3.8) is 0 Å². The van der Waals surface area contributed by atoms with E-state index < -0.39 is 0 Å². The van der Waals surface area contributed by atoms with Crippen LogP contribution in [0.2, 0.25) is 5.02 Å². The van der Waals surface area contributed by atoms with Gasteiger partial charge < -0.3 is 5.32 Å². The van der Waals surface area contributed by atoms with Gasteiger partial charge >= 0.3 is 0 Å². The number of halogens is 1. The minimum absolute atomic E-state index is 0.0713. The van der Waals surface area contributed by atoms with Crippen molar-refractivity contribution in [1.82, 2.24) is 10.2 Å². The summed E-state index contributed by atoms with van der Waals surface area (Å²) >= 11 is 5.93. The first kappa shape index (κ1) is 13.6. The molecule has 0 bridgehead atoms. The summed E-state index contributed by atoms with van der Waals surface area (Å²) in [5, 5.41) is 10.4. The number of carbonyl (C=O) groups is 1. The lowest BCUT2D eigenvalue weighted by Crippen LogP contribution is -2.16. The summed E-state index contributed by atoms with van der Waals surface area (Å²) < 4.78 is 0. The largest absolute Gasteiger partial charge is 0.326 e. The van der Waals surface area contributed by atoms with E-state index in [4.69, 9.17) is 11.6 Å². The van der Waals surface area contributed by atoms with Crippen LogP contribution < -0.4 is 5.32 Å². The van der Waals surface area contributed by atoms with Crippen molar-refractivity contribution in [3.8, 4) is 0 Å². The van der Waals surface area contributed by atoms with E-state index in [1.54, 1.807) is 12.1 Å². The first-order chi connectivity index (χ1) is 8.97. The quantitative estimate of drug-likeness (QED) is 0.905. The van der Waals surface area contributed by atoms with Crippen LogP contribution in [0.3, 0.4) is 0 Å². The third kappa shape index (κ3) is 3.15. The minimum Gasteiger partial charge on any atom is -0.326 e. The molecule has 0 atom stereocenters. The molecule has 1 aromatic heterocycles. The average Bonchev–Trinajstić information content (AvgIpc) is 2.65. The maximum Gasteiger partial charge on any atom is 0.228 e. The molecule has 0 saturated heterocycles. The van der Waals surface area contributed by atoms with E-state index in [1.807, 2.05) is 26.8 Å². The molecule has 2 aromatic rings. The molecule has 0 radical (unpaired) electrons. The standard InChI is InChI=1S/C14H16ClN3O/c1-8-4-5-11(15)6-13(8)16-14(19)7-12-9(2)17-18-10(12)3/h4-6H,7H2,1-3H3,(H,16,19)(H,17,18). The average molecular weight is 278 g/mol. The van der Waals surface area contributed by atoms with Gasteiger partial charge in [0, 0.05) is 22.0 Å². The summed E-state index contributed by atoms with van der Waals surface area (Å²) in [4.78, 5) is 12.1. The number of H-pyrrole nitrogens is 1. The van der Waals surface area contributed by atoms with E-state index in [0.29, 0.717) is 11.4 Å². The molecule has 0 spiro atoms. The number of anilines is 1. The molecule has 2 N–H and O–H groups in total. The highest BCUT2D eigenvalue weighted by Gasteiger charge is 2.12. The van der Waals surface area contributed by atoms with E-state index in [2.05, 4.69) is 15.5 Å². The number of hydrogen-bond donors (Lipinski definition) is 2. The smallest absolute Gasteiger partial charge is 0.228 e. The molecule has 100 valence electrons. The van der Waals surface area contributed by atoms with Gasteiger partial charge in [-0.1, -0.05) is 17.7 Å². The molecule has 2 rings (SSSR count). The monoisotopic (exact) mass is 277 g/mol. The fraction of sp³-hybridized carbons (Fsp3) is 0.286. The van der Waals surface area contributed by atoms with Gasteiger partial charge in [-0.05, 0) is 38.5 Å². The third-order valence-electron chi connectivity index (χ3n) is 3.09. The van der Waals surface area contributed by atoms with Crippen LogP contribution in [-0.2, 0) is 11.2 Å². The Morgan fingerprint density at radius 1 is 1.37 bits per heavy atom. The molecule has 5 heteroatoms. The Balaban J connectivity index is 2.12. The van der Waals surface area contributed by atoms with E-state index in [1.165, 1.54) is 0 Å². The van der Waals surface area contributed by atoms with E-state index in [0.717, 1.165) is 28.2 Å². The highest BCUT2D eigenvalue weighted by Crippen LogP contribution is 2.20. The van der Waals surface area contributed by atoms with Crippen LogP contribution in [0.1, 0.15) is 22.5 Å². The van der Waals surface area contributed by atoms with Gasteiger partial charge in [0.25, 0.3) is 0 Å². The predicted molar refractivity (Wildman–Crippen MR) is 76.6 cm³/mol. The van der Waals surface area contributed by atoms with Gasteiger partial charge in [0.2, 0.25) is 5.91 Å². The van der Waals surface area contributed by atoms with Crippen LogP contribution in [-0.4, -0.2) is 16.1 Å². The maximum atomic E-state index is 12.1. The Morgan fingerprint density at radius 3 is 2.74 bits per heavy atom. The number of aromatic nitrogens is 2. The van der Waals surface area contributed by atoms with E-state index in [-0.39, 0.29) is 5.91 Å². The van der Waals surface area contributed by atoms with Crippen LogP contribution in [0.15, 0.2) is 18.2 Å². The summed E-state index contributed by atoms with van der Waals surface area (Å²) in [5.74, 6) is -0.0713. The van der Waals surface area contributed by atoms with Crippen LogP contribution in [0.4, 0.5) is 5.69 Å². The Kier molecular flexibility index (Phi) is 3.90. The molecule has 4 nitrogen and oxygen atoms in total. The Hall–Kier alpha value is -1.81. The van der Waals surface area contributed by atoms with Gasteiger partial charge in [-0.15, -0.1) is 0 Å². The lowest BCUT2D eigenvalue weighted by molar-refractivity contribution is -0.115. The molecule has 19 heavy (non-hydrogen) atoms. The molecule has 1 aromatic carbocycles. The topological polar surface area (TPSA) is 57.8 Å². The minimum atomic E-state index is -0.0713. The Labute approximate surface area is 117 Å². The summed E-state index contributed by atoms with van der Waals surface area (Å²) in [6.45, 7) is 5.73. The highest BCUT2D eigenvalue weighted by molar-refractivity contribution is 6.31.